The van der Waals surface area contributed by atoms with Gasteiger partial charge in [-0.1, -0.05) is 41.9 Å². The van der Waals surface area contributed by atoms with E-state index in [0.29, 0.717) is 18.4 Å². The summed E-state index contributed by atoms with van der Waals surface area (Å²) in [7, 11) is 0. The van der Waals surface area contributed by atoms with Crippen molar-refractivity contribution in [2.45, 2.75) is 6.54 Å². The summed E-state index contributed by atoms with van der Waals surface area (Å²) in [6.45, 7) is 3.73. The van der Waals surface area contributed by atoms with Crippen LogP contribution in [0.4, 0.5) is 5.69 Å². The molecule has 6 nitrogen and oxygen atoms in total. The number of hydrogen-bond acceptors (Lipinski definition) is 4. The molecule has 2 N–H and O–H groups in total. The summed E-state index contributed by atoms with van der Waals surface area (Å²) in [6, 6.07) is 17.8. The van der Waals surface area contributed by atoms with Crippen molar-refractivity contribution >= 4 is 47.2 Å². The van der Waals surface area contributed by atoms with Gasteiger partial charge in [0.05, 0.1) is 6.20 Å². The minimum atomic E-state index is 0. The number of oxazole rings is 1. The van der Waals surface area contributed by atoms with Crippen LogP contribution in [0.25, 0.3) is 11.3 Å². The van der Waals surface area contributed by atoms with Crippen LogP contribution < -0.4 is 10.6 Å². The lowest BCUT2D eigenvalue weighted by molar-refractivity contribution is 0.379. The molecule has 0 spiro atoms. The molecule has 0 radical (unpaired) electrons. The number of aliphatic imine (C=N–C) groups is 1. The molecular formula is C21H23ClIN5O. The van der Waals surface area contributed by atoms with Gasteiger partial charge in [-0.25, -0.2) is 9.98 Å². The molecule has 4 rings (SSSR count). The van der Waals surface area contributed by atoms with Gasteiger partial charge in [0.1, 0.15) is 6.54 Å². The van der Waals surface area contributed by atoms with Gasteiger partial charge in [0.15, 0.2) is 11.7 Å². The van der Waals surface area contributed by atoms with Crippen LogP contribution in [-0.4, -0.2) is 42.0 Å². The minimum Gasteiger partial charge on any atom is -0.439 e. The smallest absolute Gasteiger partial charge is 0.216 e. The molecule has 152 valence electrons. The number of rotatable bonds is 4. The second-order valence-electron chi connectivity index (χ2n) is 6.61. The third-order valence-corrected chi connectivity index (χ3v) is 5.04. The first-order valence-corrected chi connectivity index (χ1v) is 9.62. The van der Waals surface area contributed by atoms with E-state index in [1.807, 2.05) is 54.6 Å². The first-order valence-electron chi connectivity index (χ1n) is 9.24. The van der Waals surface area contributed by atoms with Crippen LogP contribution in [-0.2, 0) is 6.54 Å². The monoisotopic (exact) mass is 523 g/mol. The Morgan fingerprint density at radius 1 is 1.03 bits per heavy atom. The highest BCUT2D eigenvalue weighted by Gasteiger charge is 2.18. The molecule has 0 bridgehead atoms. The van der Waals surface area contributed by atoms with Gasteiger partial charge in [0.25, 0.3) is 0 Å². The second kappa shape index (κ2) is 9.98. The molecule has 1 saturated heterocycles. The summed E-state index contributed by atoms with van der Waals surface area (Å²) in [6.07, 6.45) is 1.72. The summed E-state index contributed by atoms with van der Waals surface area (Å²) in [5.74, 6) is 1.82. The normalized spacial score (nSPS) is 14.6. The van der Waals surface area contributed by atoms with E-state index < -0.39 is 0 Å². The molecule has 2 aromatic carbocycles. The molecule has 29 heavy (non-hydrogen) atoms. The highest BCUT2D eigenvalue weighted by molar-refractivity contribution is 14.0. The van der Waals surface area contributed by atoms with Crippen molar-refractivity contribution in [3.63, 3.8) is 0 Å². The SMILES string of the molecule is I.NC(=NCc1ncc(-c2ccccc2)o1)N1CCN(c2ccc(Cl)cc2)CC1. The molecule has 1 fully saturated rings. The van der Waals surface area contributed by atoms with Crippen molar-refractivity contribution in [3.8, 4) is 11.3 Å². The largest absolute Gasteiger partial charge is 0.439 e. The topological polar surface area (TPSA) is 70.9 Å². The standard InChI is InChI=1S/C21H22ClN5O.HI/c22-17-6-8-18(9-7-17)26-10-12-27(13-11-26)21(23)25-15-20-24-14-19(28-20)16-4-2-1-3-5-16;/h1-9,14H,10-13,15H2,(H2,23,25);1H. The summed E-state index contributed by atoms with van der Waals surface area (Å²) in [5.41, 5.74) is 8.36. The van der Waals surface area contributed by atoms with Crippen molar-refractivity contribution in [1.29, 1.82) is 0 Å². The molecule has 0 unspecified atom stereocenters. The van der Waals surface area contributed by atoms with E-state index in [0.717, 1.165) is 42.5 Å². The number of halogens is 2. The Kier molecular flexibility index (Phi) is 7.38. The number of hydrogen-bond donors (Lipinski definition) is 1. The first-order chi connectivity index (χ1) is 13.7. The van der Waals surface area contributed by atoms with Crippen molar-refractivity contribution in [2.24, 2.45) is 10.7 Å². The van der Waals surface area contributed by atoms with Crippen LogP contribution >= 0.6 is 35.6 Å². The molecule has 8 heteroatoms. The van der Waals surface area contributed by atoms with E-state index >= 15 is 0 Å². The molecule has 1 aliphatic rings. The maximum Gasteiger partial charge on any atom is 0.216 e. The summed E-state index contributed by atoms with van der Waals surface area (Å²) in [5, 5.41) is 0.751. The van der Waals surface area contributed by atoms with Crippen LogP contribution in [0.2, 0.25) is 5.02 Å². The van der Waals surface area contributed by atoms with Gasteiger partial charge >= 0.3 is 0 Å². The van der Waals surface area contributed by atoms with Crippen molar-refractivity contribution in [3.05, 3.63) is 71.7 Å². The van der Waals surface area contributed by atoms with Crippen molar-refractivity contribution in [2.75, 3.05) is 31.1 Å². The molecule has 3 aromatic rings. The van der Waals surface area contributed by atoms with Crippen LogP contribution in [0.5, 0.6) is 0 Å². The summed E-state index contributed by atoms with van der Waals surface area (Å²) >= 11 is 5.97. The zero-order chi connectivity index (χ0) is 19.3. The molecular weight excluding hydrogens is 501 g/mol. The number of anilines is 1. The Bertz CT molecular complexity index is 937. The van der Waals surface area contributed by atoms with Crippen LogP contribution in [0.3, 0.4) is 0 Å². The Balaban J connectivity index is 0.00000240. The molecule has 0 aliphatic carbocycles. The number of aromatic nitrogens is 1. The second-order valence-corrected chi connectivity index (χ2v) is 7.05. The highest BCUT2D eigenvalue weighted by Crippen LogP contribution is 2.21. The third-order valence-electron chi connectivity index (χ3n) is 4.78. The number of guanidine groups is 1. The number of benzene rings is 2. The predicted molar refractivity (Wildman–Crippen MR) is 128 cm³/mol. The molecule has 0 saturated carbocycles. The van der Waals surface area contributed by atoms with E-state index in [1.165, 1.54) is 5.69 Å². The highest BCUT2D eigenvalue weighted by atomic mass is 127. The zero-order valence-corrected chi connectivity index (χ0v) is 19.0. The average Bonchev–Trinajstić information content (AvgIpc) is 3.22. The van der Waals surface area contributed by atoms with Gasteiger partial charge in [-0.15, -0.1) is 24.0 Å². The molecule has 0 atom stereocenters. The zero-order valence-electron chi connectivity index (χ0n) is 15.9. The lowest BCUT2D eigenvalue weighted by Gasteiger charge is -2.36. The van der Waals surface area contributed by atoms with Crippen LogP contribution in [0.15, 0.2) is 70.2 Å². The third kappa shape index (κ3) is 5.42. The quantitative estimate of drug-likeness (QED) is 0.315. The van der Waals surface area contributed by atoms with Gasteiger partial charge in [0.2, 0.25) is 5.89 Å². The Labute approximate surface area is 192 Å². The summed E-state index contributed by atoms with van der Waals surface area (Å²) < 4.78 is 5.78. The number of nitrogens with two attached hydrogens (primary N) is 1. The van der Waals surface area contributed by atoms with E-state index in [1.54, 1.807) is 6.20 Å². The van der Waals surface area contributed by atoms with Crippen LogP contribution in [0.1, 0.15) is 5.89 Å². The van der Waals surface area contributed by atoms with Crippen molar-refractivity contribution < 1.29 is 4.42 Å². The minimum absolute atomic E-state index is 0. The van der Waals surface area contributed by atoms with Crippen LogP contribution in [0, 0.1) is 0 Å². The number of piperazine rings is 1. The Hall–Kier alpha value is -2.26. The molecule has 1 aliphatic heterocycles. The fourth-order valence-electron chi connectivity index (χ4n) is 3.21. The maximum absolute atomic E-state index is 6.19. The lowest BCUT2D eigenvalue weighted by Crippen LogP contribution is -2.51. The average molecular weight is 524 g/mol. The molecule has 0 amide bonds. The molecule has 1 aromatic heterocycles. The van der Waals surface area contributed by atoms with Gasteiger partial charge in [-0.2, -0.15) is 0 Å². The van der Waals surface area contributed by atoms with Gasteiger partial charge in [-0.3, -0.25) is 0 Å². The van der Waals surface area contributed by atoms with Gasteiger partial charge < -0.3 is 20.0 Å². The van der Waals surface area contributed by atoms with Crippen molar-refractivity contribution in [1.82, 2.24) is 9.88 Å². The van der Waals surface area contributed by atoms with Gasteiger partial charge in [0, 0.05) is 42.5 Å². The Morgan fingerprint density at radius 3 is 2.41 bits per heavy atom. The predicted octanol–water partition coefficient (Wildman–Crippen LogP) is 4.25. The van der Waals surface area contributed by atoms with E-state index in [2.05, 4.69) is 19.8 Å². The van der Waals surface area contributed by atoms with Gasteiger partial charge in [-0.05, 0) is 24.3 Å². The van der Waals surface area contributed by atoms with E-state index in [-0.39, 0.29) is 24.0 Å². The summed E-state index contributed by atoms with van der Waals surface area (Å²) in [4.78, 5) is 13.2. The maximum atomic E-state index is 6.19. The first kappa shape index (κ1) is 21.4. The lowest BCUT2D eigenvalue weighted by atomic mass is 10.2. The fraction of sp³-hybridized carbons (Fsp3) is 0.238. The van der Waals surface area contributed by atoms with E-state index in [4.69, 9.17) is 21.8 Å². The van der Waals surface area contributed by atoms with E-state index in [9.17, 15) is 0 Å². The number of nitrogens with zero attached hydrogens (tertiary/aromatic N) is 4. The fourth-order valence-corrected chi connectivity index (χ4v) is 3.34. The Morgan fingerprint density at radius 2 is 1.72 bits per heavy atom. The molecule has 2 heterocycles.